The molecule has 30 heavy (non-hydrogen) atoms. The van der Waals surface area contributed by atoms with E-state index < -0.39 is 0 Å². The average Bonchev–Trinajstić information content (AvgIpc) is 3.40. The Kier molecular flexibility index (Phi) is 5.81. The molecular weight excluding hydrogens is 390 g/mol. The number of nitrogens with zero attached hydrogens (tertiary/aromatic N) is 2. The van der Waals surface area contributed by atoms with Crippen LogP contribution in [0, 0.1) is 0 Å². The summed E-state index contributed by atoms with van der Waals surface area (Å²) in [6, 6.07) is 18.2. The Morgan fingerprint density at radius 2 is 1.93 bits per heavy atom. The Labute approximate surface area is 181 Å². The van der Waals surface area contributed by atoms with Crippen molar-refractivity contribution in [3.05, 3.63) is 77.3 Å². The van der Waals surface area contributed by atoms with Crippen molar-refractivity contribution < 1.29 is 4.79 Å². The number of hydrogen-bond donors (Lipinski definition) is 1. The predicted octanol–water partition coefficient (Wildman–Crippen LogP) is 5.70. The van der Waals surface area contributed by atoms with Crippen LogP contribution in [0.1, 0.15) is 25.0 Å². The molecule has 5 heteroatoms. The van der Waals surface area contributed by atoms with E-state index in [0.717, 1.165) is 45.4 Å². The highest BCUT2D eigenvalue weighted by atomic mass is 32.1. The lowest BCUT2D eigenvalue weighted by Gasteiger charge is -2.17. The number of carbonyl (C=O) groups is 1. The number of carbonyl (C=O) groups excluding carboxylic acids is 1. The highest BCUT2D eigenvalue weighted by Crippen LogP contribution is 2.39. The fourth-order valence-corrected chi connectivity index (χ4v) is 4.89. The zero-order chi connectivity index (χ0) is 21.1. The van der Waals surface area contributed by atoms with Crippen molar-refractivity contribution in [3.63, 3.8) is 0 Å². The zero-order valence-electron chi connectivity index (χ0n) is 17.3. The van der Waals surface area contributed by atoms with Crippen LogP contribution in [0.15, 0.2) is 66.2 Å². The van der Waals surface area contributed by atoms with E-state index in [2.05, 4.69) is 28.6 Å². The van der Waals surface area contributed by atoms with Crippen LogP contribution in [0.5, 0.6) is 0 Å². The van der Waals surface area contributed by atoms with Crippen LogP contribution in [0.4, 0.5) is 11.5 Å². The molecule has 5 rings (SSSR count). The second-order valence-corrected chi connectivity index (χ2v) is 7.93. The minimum Gasteiger partial charge on any atom is -0.383 e. The highest BCUT2D eigenvalue weighted by molar-refractivity contribution is 7.17. The standard InChI is InChI=1S/C23H19N3OS.C2H6/c24-23-22-18(14-28-20(22)8-10-25-23)16-6-7-19-17(13-16)9-11-26(19)21(27)12-15-4-2-1-3-5-15;1-2/h1-8,10,13-14H,9,11-12H2,(H2,24,25);1-2H3. The van der Waals surface area contributed by atoms with E-state index in [1.165, 1.54) is 5.56 Å². The van der Waals surface area contributed by atoms with E-state index in [1.807, 2.05) is 55.1 Å². The van der Waals surface area contributed by atoms with Gasteiger partial charge in [-0.05, 0) is 46.7 Å². The SMILES string of the molecule is CC.Nc1nccc2scc(-c3ccc4c(c3)CCN4C(=O)Cc3ccccc3)c12. The van der Waals surface area contributed by atoms with Gasteiger partial charge in [0.1, 0.15) is 5.82 Å². The van der Waals surface area contributed by atoms with Gasteiger partial charge in [0.2, 0.25) is 5.91 Å². The fraction of sp³-hybridized carbons (Fsp3) is 0.200. The van der Waals surface area contributed by atoms with Crippen molar-refractivity contribution in [2.24, 2.45) is 0 Å². The van der Waals surface area contributed by atoms with E-state index in [0.29, 0.717) is 12.2 Å². The molecule has 0 bridgehead atoms. The maximum absolute atomic E-state index is 12.8. The van der Waals surface area contributed by atoms with Gasteiger partial charge in [-0.1, -0.05) is 50.2 Å². The number of hydrogen-bond acceptors (Lipinski definition) is 4. The van der Waals surface area contributed by atoms with Gasteiger partial charge >= 0.3 is 0 Å². The molecule has 0 radical (unpaired) electrons. The largest absolute Gasteiger partial charge is 0.383 e. The Bertz CT molecular complexity index is 1180. The first-order valence-corrected chi connectivity index (χ1v) is 11.2. The smallest absolute Gasteiger partial charge is 0.231 e. The number of nitrogens with two attached hydrogens (primary N) is 1. The second kappa shape index (κ2) is 8.67. The van der Waals surface area contributed by atoms with E-state index in [1.54, 1.807) is 17.5 Å². The third kappa shape index (κ3) is 3.68. The van der Waals surface area contributed by atoms with Crippen LogP contribution < -0.4 is 10.6 Å². The van der Waals surface area contributed by atoms with Gasteiger partial charge in [-0.15, -0.1) is 11.3 Å². The number of benzene rings is 2. The molecule has 0 spiro atoms. The lowest BCUT2D eigenvalue weighted by atomic mass is 10.0. The van der Waals surface area contributed by atoms with Gasteiger partial charge in [-0.2, -0.15) is 0 Å². The fourth-order valence-electron chi connectivity index (χ4n) is 3.92. The Morgan fingerprint density at radius 1 is 1.13 bits per heavy atom. The topological polar surface area (TPSA) is 59.2 Å². The highest BCUT2D eigenvalue weighted by Gasteiger charge is 2.25. The molecule has 152 valence electrons. The van der Waals surface area contributed by atoms with Gasteiger partial charge in [-0.25, -0.2) is 4.98 Å². The maximum Gasteiger partial charge on any atom is 0.231 e. The number of fused-ring (bicyclic) bond motifs is 2. The lowest BCUT2D eigenvalue weighted by Crippen LogP contribution is -2.30. The van der Waals surface area contributed by atoms with Crippen LogP contribution in [0.25, 0.3) is 21.2 Å². The first-order valence-electron chi connectivity index (χ1n) is 10.3. The van der Waals surface area contributed by atoms with Crippen LogP contribution in [0.3, 0.4) is 0 Å². The molecule has 3 heterocycles. The summed E-state index contributed by atoms with van der Waals surface area (Å²) in [5, 5.41) is 3.15. The van der Waals surface area contributed by atoms with Crippen molar-refractivity contribution >= 4 is 38.8 Å². The second-order valence-electron chi connectivity index (χ2n) is 7.02. The minimum absolute atomic E-state index is 0.145. The van der Waals surface area contributed by atoms with Gasteiger partial charge in [0, 0.05) is 34.1 Å². The summed E-state index contributed by atoms with van der Waals surface area (Å²) in [6.45, 7) is 4.73. The monoisotopic (exact) mass is 415 g/mol. The average molecular weight is 416 g/mol. The number of aromatic nitrogens is 1. The van der Waals surface area contributed by atoms with Crippen LogP contribution in [-0.2, 0) is 17.6 Å². The molecule has 2 aromatic carbocycles. The summed E-state index contributed by atoms with van der Waals surface area (Å²) >= 11 is 1.68. The molecular formula is C25H25N3OS. The number of amides is 1. The summed E-state index contributed by atoms with van der Waals surface area (Å²) in [7, 11) is 0. The molecule has 0 unspecified atom stereocenters. The van der Waals surface area contributed by atoms with Gasteiger partial charge in [0.05, 0.1) is 6.42 Å². The van der Waals surface area contributed by atoms with Crippen molar-refractivity contribution in [2.45, 2.75) is 26.7 Å². The first kappa shape index (κ1) is 20.1. The lowest BCUT2D eigenvalue weighted by molar-refractivity contribution is -0.117. The zero-order valence-corrected chi connectivity index (χ0v) is 18.1. The van der Waals surface area contributed by atoms with Crippen LogP contribution in [-0.4, -0.2) is 17.4 Å². The Balaban J connectivity index is 0.00000106. The predicted molar refractivity (Wildman–Crippen MR) is 127 cm³/mol. The van der Waals surface area contributed by atoms with E-state index in [-0.39, 0.29) is 5.91 Å². The Hall–Kier alpha value is -3.18. The molecule has 0 saturated carbocycles. The number of rotatable bonds is 3. The first-order chi connectivity index (χ1) is 14.7. The number of nitrogen functional groups attached to an aromatic ring is 1. The molecule has 0 atom stereocenters. The molecule has 0 aliphatic carbocycles. The van der Waals surface area contributed by atoms with Gasteiger partial charge in [0.25, 0.3) is 0 Å². The molecule has 4 aromatic rings. The summed E-state index contributed by atoms with van der Waals surface area (Å²) in [4.78, 5) is 19.0. The molecule has 1 aliphatic rings. The van der Waals surface area contributed by atoms with Gasteiger partial charge in [0.15, 0.2) is 0 Å². The number of pyridine rings is 1. The molecule has 1 aliphatic heterocycles. The molecule has 0 saturated heterocycles. The van der Waals surface area contributed by atoms with Crippen LogP contribution in [0.2, 0.25) is 0 Å². The quantitative estimate of drug-likeness (QED) is 0.467. The summed E-state index contributed by atoms with van der Waals surface area (Å²) in [6.07, 6.45) is 3.05. The van der Waals surface area contributed by atoms with Crippen molar-refractivity contribution in [3.8, 4) is 11.1 Å². The van der Waals surface area contributed by atoms with E-state index in [4.69, 9.17) is 5.73 Å². The van der Waals surface area contributed by atoms with Crippen molar-refractivity contribution in [2.75, 3.05) is 17.2 Å². The molecule has 2 N–H and O–H groups in total. The molecule has 1 amide bonds. The molecule has 4 nitrogen and oxygen atoms in total. The van der Waals surface area contributed by atoms with Crippen LogP contribution >= 0.6 is 11.3 Å². The third-order valence-corrected chi connectivity index (χ3v) is 6.25. The summed E-state index contributed by atoms with van der Waals surface area (Å²) < 4.78 is 1.14. The van der Waals surface area contributed by atoms with E-state index >= 15 is 0 Å². The maximum atomic E-state index is 12.8. The van der Waals surface area contributed by atoms with Gasteiger partial charge < -0.3 is 10.6 Å². The van der Waals surface area contributed by atoms with Gasteiger partial charge in [-0.3, -0.25) is 4.79 Å². The number of thiophene rings is 1. The minimum atomic E-state index is 0.145. The Morgan fingerprint density at radius 3 is 2.73 bits per heavy atom. The number of anilines is 2. The summed E-state index contributed by atoms with van der Waals surface area (Å²) in [5.41, 5.74) is 11.6. The van der Waals surface area contributed by atoms with E-state index in [9.17, 15) is 4.79 Å². The normalized spacial score (nSPS) is 12.4. The molecule has 2 aromatic heterocycles. The third-order valence-electron chi connectivity index (χ3n) is 5.30. The summed E-state index contributed by atoms with van der Waals surface area (Å²) in [5.74, 6) is 0.709. The van der Waals surface area contributed by atoms with Crippen molar-refractivity contribution in [1.29, 1.82) is 0 Å². The molecule has 0 fully saturated rings. The van der Waals surface area contributed by atoms with Crippen molar-refractivity contribution in [1.82, 2.24) is 4.98 Å².